The molecule has 0 heterocycles. The lowest BCUT2D eigenvalue weighted by Crippen LogP contribution is -2.47. The van der Waals surface area contributed by atoms with Crippen molar-refractivity contribution < 1.29 is 9.84 Å². The monoisotopic (exact) mass is 224 g/mol. The van der Waals surface area contributed by atoms with Crippen LogP contribution in [0.3, 0.4) is 0 Å². The molecule has 1 N–H and O–H groups in total. The maximum Gasteiger partial charge on any atom is 0.130 e. The van der Waals surface area contributed by atoms with E-state index in [9.17, 15) is 5.11 Å². The fourth-order valence-electron chi connectivity index (χ4n) is 1.94. The van der Waals surface area contributed by atoms with E-state index >= 15 is 0 Å². The molecule has 3 atom stereocenters. The molecule has 92 valence electrons. The SMILES string of the molecule is C#CC(C)(OC1CCCCC1O)C(C)(C)C. The number of ether oxygens (including phenoxy) is 1. The van der Waals surface area contributed by atoms with E-state index in [1.54, 1.807) is 0 Å². The summed E-state index contributed by atoms with van der Waals surface area (Å²) in [6, 6.07) is 0. The molecule has 1 aliphatic carbocycles. The van der Waals surface area contributed by atoms with Crippen molar-refractivity contribution in [3.05, 3.63) is 0 Å². The van der Waals surface area contributed by atoms with Crippen molar-refractivity contribution in [1.82, 2.24) is 0 Å². The van der Waals surface area contributed by atoms with Crippen LogP contribution in [-0.2, 0) is 4.74 Å². The quantitative estimate of drug-likeness (QED) is 0.731. The highest BCUT2D eigenvalue weighted by Crippen LogP contribution is 2.36. The van der Waals surface area contributed by atoms with Gasteiger partial charge >= 0.3 is 0 Å². The molecule has 0 aromatic rings. The fourth-order valence-corrected chi connectivity index (χ4v) is 1.94. The number of rotatable bonds is 2. The zero-order valence-corrected chi connectivity index (χ0v) is 10.9. The van der Waals surface area contributed by atoms with E-state index in [4.69, 9.17) is 11.2 Å². The van der Waals surface area contributed by atoms with E-state index in [0.29, 0.717) is 0 Å². The summed E-state index contributed by atoms with van der Waals surface area (Å²) in [5.74, 6) is 2.75. The number of aliphatic hydroxyl groups is 1. The van der Waals surface area contributed by atoms with Gasteiger partial charge in [-0.25, -0.2) is 0 Å². The summed E-state index contributed by atoms with van der Waals surface area (Å²) < 4.78 is 6.02. The topological polar surface area (TPSA) is 29.5 Å². The molecule has 0 saturated heterocycles. The zero-order valence-electron chi connectivity index (χ0n) is 10.9. The van der Waals surface area contributed by atoms with Crippen LogP contribution >= 0.6 is 0 Å². The van der Waals surface area contributed by atoms with Crippen LogP contribution in [0.25, 0.3) is 0 Å². The molecule has 0 amide bonds. The highest BCUT2D eigenvalue weighted by molar-refractivity contribution is 5.12. The Balaban J connectivity index is 2.74. The third-order valence-electron chi connectivity index (χ3n) is 3.76. The number of terminal acetylenes is 1. The molecule has 0 aliphatic heterocycles. The molecule has 1 rings (SSSR count). The van der Waals surface area contributed by atoms with E-state index < -0.39 is 5.60 Å². The van der Waals surface area contributed by atoms with Crippen molar-refractivity contribution in [3.8, 4) is 12.3 Å². The second-order valence-electron chi connectivity index (χ2n) is 5.94. The first-order valence-corrected chi connectivity index (χ1v) is 6.14. The van der Waals surface area contributed by atoms with Crippen LogP contribution in [0, 0.1) is 17.8 Å². The first-order chi connectivity index (χ1) is 7.30. The molecule has 2 heteroatoms. The first kappa shape index (κ1) is 13.5. The predicted molar refractivity (Wildman–Crippen MR) is 66.0 cm³/mol. The minimum atomic E-state index is -0.615. The van der Waals surface area contributed by atoms with Crippen LogP contribution in [0.1, 0.15) is 53.4 Å². The molecule has 16 heavy (non-hydrogen) atoms. The molecular formula is C14H24O2. The highest BCUT2D eigenvalue weighted by atomic mass is 16.5. The predicted octanol–water partition coefficient (Wildman–Crippen LogP) is 2.74. The second-order valence-corrected chi connectivity index (χ2v) is 5.94. The van der Waals surface area contributed by atoms with Gasteiger partial charge in [-0.1, -0.05) is 39.5 Å². The Kier molecular flexibility index (Phi) is 4.04. The summed E-state index contributed by atoms with van der Waals surface area (Å²) in [4.78, 5) is 0. The van der Waals surface area contributed by atoms with Gasteiger partial charge < -0.3 is 9.84 Å². The van der Waals surface area contributed by atoms with Crippen LogP contribution in [0.5, 0.6) is 0 Å². The molecule has 1 fully saturated rings. The average molecular weight is 224 g/mol. The Hall–Kier alpha value is -0.520. The largest absolute Gasteiger partial charge is 0.390 e. The number of aliphatic hydroxyl groups excluding tert-OH is 1. The van der Waals surface area contributed by atoms with Crippen LogP contribution < -0.4 is 0 Å². The fraction of sp³-hybridized carbons (Fsp3) is 0.857. The Bertz CT molecular complexity index is 271. The van der Waals surface area contributed by atoms with Gasteiger partial charge in [0.05, 0.1) is 12.2 Å². The Morgan fingerprint density at radius 3 is 2.19 bits per heavy atom. The molecule has 3 unspecified atom stereocenters. The minimum Gasteiger partial charge on any atom is -0.390 e. The maximum absolute atomic E-state index is 9.90. The van der Waals surface area contributed by atoms with Crippen molar-refractivity contribution in [2.75, 3.05) is 0 Å². The molecule has 2 nitrogen and oxygen atoms in total. The first-order valence-electron chi connectivity index (χ1n) is 6.14. The van der Waals surface area contributed by atoms with Crippen LogP contribution in [0.15, 0.2) is 0 Å². The normalized spacial score (nSPS) is 30.5. The maximum atomic E-state index is 9.90. The molecule has 0 aromatic heterocycles. The van der Waals surface area contributed by atoms with Gasteiger partial charge in [-0.2, -0.15) is 0 Å². The smallest absolute Gasteiger partial charge is 0.130 e. The van der Waals surface area contributed by atoms with Gasteiger partial charge in [-0.15, -0.1) is 6.42 Å². The van der Waals surface area contributed by atoms with Gasteiger partial charge in [-0.3, -0.25) is 0 Å². The standard InChI is InChI=1S/C14H24O2/c1-6-14(5,13(2,3)4)16-12-10-8-7-9-11(12)15/h1,11-12,15H,7-10H2,2-5H3. The van der Waals surface area contributed by atoms with Gasteiger partial charge in [0.1, 0.15) is 5.60 Å². The third kappa shape index (κ3) is 2.78. The van der Waals surface area contributed by atoms with Crippen LogP contribution in [0.2, 0.25) is 0 Å². The Labute approximate surface area is 99.4 Å². The van der Waals surface area contributed by atoms with Crippen molar-refractivity contribution in [3.63, 3.8) is 0 Å². The van der Waals surface area contributed by atoms with E-state index in [-0.39, 0.29) is 17.6 Å². The van der Waals surface area contributed by atoms with Gasteiger partial charge in [0.2, 0.25) is 0 Å². The van der Waals surface area contributed by atoms with E-state index in [1.807, 2.05) is 6.92 Å². The van der Waals surface area contributed by atoms with Gasteiger partial charge in [-0.05, 0) is 19.8 Å². The highest BCUT2D eigenvalue weighted by Gasteiger charge is 2.40. The number of hydrogen-bond donors (Lipinski definition) is 1. The third-order valence-corrected chi connectivity index (χ3v) is 3.76. The average Bonchev–Trinajstić information content (AvgIpc) is 2.19. The van der Waals surface area contributed by atoms with Crippen molar-refractivity contribution >= 4 is 0 Å². The Morgan fingerprint density at radius 2 is 1.75 bits per heavy atom. The lowest BCUT2D eigenvalue weighted by atomic mass is 9.77. The molecule has 1 saturated carbocycles. The van der Waals surface area contributed by atoms with Gasteiger partial charge in [0.15, 0.2) is 0 Å². The molecule has 0 radical (unpaired) electrons. The van der Waals surface area contributed by atoms with Gasteiger partial charge in [0, 0.05) is 5.41 Å². The van der Waals surface area contributed by atoms with E-state index in [2.05, 4.69) is 26.7 Å². The van der Waals surface area contributed by atoms with Crippen LogP contribution in [-0.4, -0.2) is 22.9 Å². The summed E-state index contributed by atoms with van der Waals surface area (Å²) in [6.45, 7) is 8.15. The number of hydrogen-bond acceptors (Lipinski definition) is 2. The molecular weight excluding hydrogens is 200 g/mol. The van der Waals surface area contributed by atoms with Gasteiger partial charge in [0.25, 0.3) is 0 Å². The molecule has 0 aromatic carbocycles. The van der Waals surface area contributed by atoms with E-state index in [1.165, 1.54) is 0 Å². The van der Waals surface area contributed by atoms with Crippen molar-refractivity contribution in [1.29, 1.82) is 0 Å². The summed E-state index contributed by atoms with van der Waals surface area (Å²) in [6.07, 6.45) is 9.08. The van der Waals surface area contributed by atoms with Crippen molar-refractivity contribution in [2.24, 2.45) is 5.41 Å². The lowest BCUT2D eigenvalue weighted by Gasteiger charge is -2.42. The van der Waals surface area contributed by atoms with Crippen LogP contribution in [0.4, 0.5) is 0 Å². The summed E-state index contributed by atoms with van der Waals surface area (Å²) in [5.41, 5.74) is -0.741. The van der Waals surface area contributed by atoms with Crippen molar-refractivity contribution in [2.45, 2.75) is 71.2 Å². The second kappa shape index (κ2) is 4.77. The summed E-state index contributed by atoms with van der Waals surface area (Å²) in [7, 11) is 0. The van der Waals surface area contributed by atoms with E-state index in [0.717, 1.165) is 25.7 Å². The molecule has 1 aliphatic rings. The minimum absolute atomic E-state index is 0.103. The summed E-state index contributed by atoms with van der Waals surface area (Å²) in [5, 5.41) is 9.90. The lowest BCUT2D eigenvalue weighted by molar-refractivity contribution is -0.151. The summed E-state index contributed by atoms with van der Waals surface area (Å²) >= 11 is 0. The molecule has 0 spiro atoms. The zero-order chi connectivity index (χ0) is 12.4. The molecule has 0 bridgehead atoms. The Morgan fingerprint density at radius 1 is 1.19 bits per heavy atom.